The van der Waals surface area contributed by atoms with Gasteiger partial charge in [-0.15, -0.1) is 5.10 Å². The zero-order valence-corrected chi connectivity index (χ0v) is 16.6. The predicted molar refractivity (Wildman–Crippen MR) is 108 cm³/mol. The Morgan fingerprint density at radius 1 is 1.07 bits per heavy atom. The summed E-state index contributed by atoms with van der Waals surface area (Å²) in [6.07, 6.45) is 9.84. The summed E-state index contributed by atoms with van der Waals surface area (Å²) < 4.78 is 1.98. The number of non-ortho nitro benzene ring substituents is 1. The van der Waals surface area contributed by atoms with Gasteiger partial charge < -0.3 is 11.1 Å². The molecule has 9 nitrogen and oxygen atoms in total. The number of aromatic nitrogens is 4. The van der Waals surface area contributed by atoms with Crippen LogP contribution >= 0.6 is 0 Å². The minimum Gasteiger partial charge on any atom is -0.328 e. The lowest BCUT2D eigenvalue weighted by molar-refractivity contribution is -0.384. The van der Waals surface area contributed by atoms with Crippen LogP contribution in [0.15, 0.2) is 24.3 Å². The highest BCUT2D eigenvalue weighted by Crippen LogP contribution is 2.32. The third-order valence-corrected chi connectivity index (χ3v) is 6.31. The molecule has 0 bridgehead atoms. The van der Waals surface area contributed by atoms with Gasteiger partial charge in [0.1, 0.15) is 0 Å². The maximum atomic E-state index is 11.1. The van der Waals surface area contributed by atoms with Gasteiger partial charge >= 0.3 is 0 Å². The van der Waals surface area contributed by atoms with E-state index in [1.165, 1.54) is 19.3 Å². The van der Waals surface area contributed by atoms with Gasteiger partial charge in [-0.3, -0.25) is 10.1 Å². The number of nitro groups is 1. The van der Waals surface area contributed by atoms with Crippen LogP contribution in [0.3, 0.4) is 0 Å². The number of benzene rings is 1. The van der Waals surface area contributed by atoms with E-state index in [0.29, 0.717) is 12.1 Å². The minimum absolute atomic E-state index is 0.0861. The monoisotopic (exact) mass is 399 g/mol. The van der Waals surface area contributed by atoms with Crippen molar-refractivity contribution in [3.05, 3.63) is 45.8 Å². The average molecular weight is 399 g/mol. The van der Waals surface area contributed by atoms with Gasteiger partial charge in [0, 0.05) is 24.2 Å². The van der Waals surface area contributed by atoms with Crippen molar-refractivity contribution in [2.75, 3.05) is 0 Å². The van der Waals surface area contributed by atoms with E-state index in [0.717, 1.165) is 49.9 Å². The summed E-state index contributed by atoms with van der Waals surface area (Å²) in [5, 5.41) is 27.5. The first-order valence-electron chi connectivity index (χ1n) is 10.7. The van der Waals surface area contributed by atoms with Crippen LogP contribution in [0.4, 0.5) is 5.69 Å². The van der Waals surface area contributed by atoms with Crippen LogP contribution in [0.1, 0.15) is 81.3 Å². The highest BCUT2D eigenvalue weighted by atomic mass is 16.6. The predicted octanol–water partition coefficient (Wildman–Crippen LogP) is 3.04. The molecule has 9 heteroatoms. The highest BCUT2D eigenvalue weighted by Gasteiger charge is 2.29. The van der Waals surface area contributed by atoms with Crippen LogP contribution in [-0.4, -0.2) is 37.2 Å². The standard InChI is InChI=1S/C20H29N7O2/c21-15-8-10-16(11-9-15)22-19(14-6-12-18(13-7-14)27(28)29)20-23-24-25-26(20)17-4-2-1-3-5-17/h6-7,12-13,15-17,19,22H,1-5,8-11,21H2. The smallest absolute Gasteiger partial charge is 0.269 e. The SMILES string of the molecule is NC1CCC(NC(c2ccc([N+](=O)[O-])cc2)c2nnnn2C2CCCCC2)CC1. The largest absolute Gasteiger partial charge is 0.328 e. The number of nitrogens with zero attached hydrogens (tertiary/aromatic N) is 5. The van der Waals surface area contributed by atoms with Crippen molar-refractivity contribution in [1.29, 1.82) is 0 Å². The van der Waals surface area contributed by atoms with E-state index in [1.54, 1.807) is 12.1 Å². The average Bonchev–Trinajstić information content (AvgIpc) is 3.23. The van der Waals surface area contributed by atoms with E-state index >= 15 is 0 Å². The maximum Gasteiger partial charge on any atom is 0.269 e. The summed E-state index contributed by atoms with van der Waals surface area (Å²) in [5.41, 5.74) is 7.10. The van der Waals surface area contributed by atoms with Crippen molar-refractivity contribution >= 4 is 5.69 Å². The lowest BCUT2D eigenvalue weighted by atomic mass is 9.90. The summed E-state index contributed by atoms with van der Waals surface area (Å²) >= 11 is 0. The summed E-state index contributed by atoms with van der Waals surface area (Å²) in [6.45, 7) is 0. The molecule has 2 aromatic rings. The first kappa shape index (κ1) is 19.9. The zero-order chi connectivity index (χ0) is 20.2. The fourth-order valence-corrected chi connectivity index (χ4v) is 4.61. The molecule has 4 rings (SSSR count). The molecule has 1 aromatic carbocycles. The molecule has 156 valence electrons. The molecule has 0 amide bonds. The lowest BCUT2D eigenvalue weighted by Crippen LogP contribution is -2.40. The van der Waals surface area contributed by atoms with Crippen molar-refractivity contribution in [3.63, 3.8) is 0 Å². The second-order valence-corrected chi connectivity index (χ2v) is 8.33. The van der Waals surface area contributed by atoms with Crippen LogP contribution in [0.5, 0.6) is 0 Å². The minimum atomic E-state index is -0.374. The summed E-state index contributed by atoms with van der Waals surface area (Å²) in [7, 11) is 0. The number of hydrogen-bond donors (Lipinski definition) is 2. The Hall–Kier alpha value is -2.39. The molecule has 29 heavy (non-hydrogen) atoms. The zero-order valence-electron chi connectivity index (χ0n) is 16.6. The van der Waals surface area contributed by atoms with Crippen molar-refractivity contribution in [3.8, 4) is 0 Å². The molecule has 2 saturated carbocycles. The number of nitro benzene ring substituents is 1. The topological polar surface area (TPSA) is 125 Å². The molecule has 0 saturated heterocycles. The summed E-state index contributed by atoms with van der Waals surface area (Å²) in [6, 6.07) is 7.44. The Labute approximate surface area is 170 Å². The van der Waals surface area contributed by atoms with E-state index in [9.17, 15) is 10.1 Å². The molecule has 1 aromatic heterocycles. The van der Waals surface area contributed by atoms with Crippen LogP contribution in [0.25, 0.3) is 0 Å². The quantitative estimate of drug-likeness (QED) is 0.565. The van der Waals surface area contributed by atoms with Gasteiger partial charge in [0.25, 0.3) is 5.69 Å². The van der Waals surface area contributed by atoms with Crippen molar-refractivity contribution in [2.45, 2.75) is 82.0 Å². The van der Waals surface area contributed by atoms with Crippen molar-refractivity contribution < 1.29 is 4.92 Å². The summed E-state index contributed by atoms with van der Waals surface area (Å²) in [4.78, 5) is 10.7. The van der Waals surface area contributed by atoms with Gasteiger partial charge in [-0.1, -0.05) is 31.4 Å². The van der Waals surface area contributed by atoms with E-state index in [4.69, 9.17) is 5.73 Å². The Balaban J connectivity index is 1.63. The molecule has 0 spiro atoms. The van der Waals surface area contributed by atoms with Crippen LogP contribution < -0.4 is 11.1 Å². The van der Waals surface area contributed by atoms with Crippen LogP contribution in [0, 0.1) is 10.1 Å². The second-order valence-electron chi connectivity index (χ2n) is 8.33. The van der Waals surface area contributed by atoms with Crippen molar-refractivity contribution in [2.24, 2.45) is 5.73 Å². The number of tetrazole rings is 1. The Kier molecular flexibility index (Phi) is 6.15. The molecule has 2 aliphatic carbocycles. The molecule has 0 aliphatic heterocycles. The number of nitrogens with one attached hydrogen (secondary N) is 1. The molecule has 2 aliphatic rings. The normalized spacial score (nSPS) is 24.3. The Morgan fingerprint density at radius 3 is 2.41 bits per heavy atom. The van der Waals surface area contributed by atoms with E-state index in [2.05, 4.69) is 20.8 Å². The number of hydrogen-bond acceptors (Lipinski definition) is 7. The maximum absolute atomic E-state index is 11.1. The van der Waals surface area contributed by atoms with E-state index < -0.39 is 0 Å². The number of nitrogens with two attached hydrogens (primary N) is 1. The van der Waals surface area contributed by atoms with Crippen LogP contribution in [-0.2, 0) is 0 Å². The lowest BCUT2D eigenvalue weighted by Gasteiger charge is -2.31. The molecule has 1 atom stereocenters. The van der Waals surface area contributed by atoms with Crippen LogP contribution in [0.2, 0.25) is 0 Å². The first-order valence-corrected chi connectivity index (χ1v) is 10.7. The fourth-order valence-electron chi connectivity index (χ4n) is 4.61. The summed E-state index contributed by atoms with van der Waals surface area (Å²) in [5.74, 6) is 0.792. The third-order valence-electron chi connectivity index (χ3n) is 6.31. The van der Waals surface area contributed by atoms with Gasteiger partial charge in [0.15, 0.2) is 5.82 Å². The van der Waals surface area contributed by atoms with Gasteiger partial charge in [0.05, 0.1) is 17.0 Å². The van der Waals surface area contributed by atoms with Gasteiger partial charge in [-0.25, -0.2) is 4.68 Å². The molecule has 1 heterocycles. The number of rotatable bonds is 6. The van der Waals surface area contributed by atoms with E-state index in [-0.39, 0.29) is 22.7 Å². The van der Waals surface area contributed by atoms with Gasteiger partial charge in [-0.2, -0.15) is 0 Å². The third kappa shape index (κ3) is 4.62. The first-order chi connectivity index (χ1) is 14.1. The Morgan fingerprint density at radius 2 is 1.76 bits per heavy atom. The van der Waals surface area contributed by atoms with Crippen molar-refractivity contribution in [1.82, 2.24) is 25.5 Å². The van der Waals surface area contributed by atoms with Gasteiger partial charge in [-0.05, 0) is 54.5 Å². The molecule has 1 unspecified atom stereocenters. The van der Waals surface area contributed by atoms with Gasteiger partial charge in [0.2, 0.25) is 0 Å². The highest BCUT2D eigenvalue weighted by molar-refractivity contribution is 5.36. The molecular formula is C20H29N7O2. The fraction of sp³-hybridized carbons (Fsp3) is 0.650. The molecule has 0 radical (unpaired) electrons. The molecule has 2 fully saturated rings. The molecular weight excluding hydrogens is 370 g/mol. The van der Waals surface area contributed by atoms with E-state index in [1.807, 2.05) is 16.8 Å². The second kappa shape index (κ2) is 8.96. The Bertz CT molecular complexity index is 808. The molecule has 3 N–H and O–H groups in total.